The third kappa shape index (κ3) is 6.16. The zero-order chi connectivity index (χ0) is 7.11. The normalized spacial score (nSPS) is 13.7. The molecular formula is C7H15FS. The van der Waals surface area contributed by atoms with E-state index < -0.39 is 6.17 Å². The highest BCUT2D eigenvalue weighted by Gasteiger charge is 2.00. The van der Waals surface area contributed by atoms with E-state index in [0.717, 1.165) is 12.8 Å². The maximum atomic E-state index is 12.4. The van der Waals surface area contributed by atoms with Gasteiger partial charge in [-0.15, -0.1) is 0 Å². The molecule has 0 heterocycles. The average molecular weight is 150 g/mol. The van der Waals surface area contributed by atoms with E-state index in [1.807, 2.05) is 0 Å². The van der Waals surface area contributed by atoms with Gasteiger partial charge in [0.1, 0.15) is 6.17 Å². The minimum Gasteiger partial charge on any atom is -0.247 e. The van der Waals surface area contributed by atoms with Gasteiger partial charge in [0.05, 0.1) is 0 Å². The molecule has 0 amide bonds. The molecule has 0 N–H and O–H groups in total. The quantitative estimate of drug-likeness (QED) is 0.452. The number of alkyl halides is 1. The van der Waals surface area contributed by atoms with Crippen LogP contribution in [0.3, 0.4) is 0 Å². The molecule has 0 saturated carbocycles. The number of hydrogen-bond donors (Lipinski definition) is 1. The Labute approximate surface area is 62.2 Å². The standard InChI is InChI=1S/C7H15FS/c1-2-3-4-5-7(8)6-9/h7,9H,2-6H2,1H3. The molecule has 0 nitrogen and oxygen atoms in total. The molecule has 9 heavy (non-hydrogen) atoms. The Morgan fingerprint density at radius 1 is 1.44 bits per heavy atom. The zero-order valence-electron chi connectivity index (χ0n) is 5.94. The Morgan fingerprint density at radius 3 is 2.56 bits per heavy atom. The number of unbranched alkanes of at least 4 members (excludes halogenated alkanes) is 2. The van der Waals surface area contributed by atoms with Gasteiger partial charge >= 0.3 is 0 Å². The van der Waals surface area contributed by atoms with E-state index in [-0.39, 0.29) is 0 Å². The Kier molecular flexibility index (Phi) is 6.60. The van der Waals surface area contributed by atoms with Crippen LogP contribution in [0.4, 0.5) is 4.39 Å². The number of hydrogen-bond acceptors (Lipinski definition) is 1. The minimum atomic E-state index is -0.681. The lowest BCUT2D eigenvalue weighted by Gasteiger charge is -2.01. The minimum absolute atomic E-state index is 0.379. The lowest BCUT2D eigenvalue weighted by molar-refractivity contribution is 0.337. The number of thiol groups is 1. The summed E-state index contributed by atoms with van der Waals surface area (Å²) in [6, 6.07) is 0. The van der Waals surface area contributed by atoms with E-state index in [0.29, 0.717) is 12.2 Å². The van der Waals surface area contributed by atoms with Crippen LogP contribution in [0, 0.1) is 0 Å². The van der Waals surface area contributed by atoms with Gasteiger partial charge in [-0.25, -0.2) is 4.39 Å². The molecule has 1 atom stereocenters. The van der Waals surface area contributed by atoms with Crippen LogP contribution in [-0.4, -0.2) is 11.9 Å². The average Bonchev–Trinajstić information content (AvgIpc) is 1.89. The molecule has 0 radical (unpaired) electrons. The van der Waals surface area contributed by atoms with Crippen LogP contribution in [0.25, 0.3) is 0 Å². The largest absolute Gasteiger partial charge is 0.247 e. The SMILES string of the molecule is CCCCCC(F)CS. The topological polar surface area (TPSA) is 0 Å². The summed E-state index contributed by atoms with van der Waals surface area (Å²) in [5.41, 5.74) is 0. The highest BCUT2D eigenvalue weighted by molar-refractivity contribution is 7.80. The monoisotopic (exact) mass is 150 g/mol. The van der Waals surface area contributed by atoms with Crippen molar-refractivity contribution in [1.29, 1.82) is 0 Å². The van der Waals surface area contributed by atoms with Crippen LogP contribution >= 0.6 is 12.6 Å². The van der Waals surface area contributed by atoms with Crippen LogP contribution in [0.15, 0.2) is 0 Å². The van der Waals surface area contributed by atoms with Crippen LogP contribution in [0.5, 0.6) is 0 Å². The Balaban J connectivity index is 2.88. The van der Waals surface area contributed by atoms with Crippen molar-refractivity contribution in [3.8, 4) is 0 Å². The predicted octanol–water partition coefficient (Wildman–Crippen LogP) is 2.83. The van der Waals surface area contributed by atoms with E-state index in [1.54, 1.807) is 0 Å². The summed E-state index contributed by atoms with van der Waals surface area (Å²) in [7, 11) is 0. The Hall–Kier alpha value is 0.280. The van der Waals surface area contributed by atoms with Crippen molar-refractivity contribution >= 4 is 12.6 Å². The second-order valence-electron chi connectivity index (χ2n) is 2.28. The summed E-state index contributed by atoms with van der Waals surface area (Å²) < 4.78 is 12.4. The van der Waals surface area contributed by atoms with Crippen molar-refractivity contribution in [3.05, 3.63) is 0 Å². The van der Waals surface area contributed by atoms with Gasteiger partial charge in [-0.2, -0.15) is 12.6 Å². The first-order valence-electron chi connectivity index (χ1n) is 3.56. The molecule has 0 saturated heterocycles. The molecular weight excluding hydrogens is 135 g/mol. The first-order chi connectivity index (χ1) is 4.31. The molecule has 0 fully saturated rings. The fourth-order valence-corrected chi connectivity index (χ4v) is 0.890. The summed E-state index contributed by atoms with van der Waals surface area (Å²) in [6.07, 6.45) is 3.34. The maximum absolute atomic E-state index is 12.4. The van der Waals surface area contributed by atoms with E-state index in [4.69, 9.17) is 0 Å². The molecule has 2 heteroatoms. The van der Waals surface area contributed by atoms with Gasteiger partial charge in [-0.05, 0) is 6.42 Å². The first kappa shape index (κ1) is 9.28. The fourth-order valence-electron chi connectivity index (χ4n) is 0.707. The van der Waals surface area contributed by atoms with Crippen molar-refractivity contribution in [2.45, 2.75) is 38.8 Å². The van der Waals surface area contributed by atoms with Crippen LogP contribution in [-0.2, 0) is 0 Å². The third-order valence-electron chi connectivity index (χ3n) is 1.32. The second kappa shape index (κ2) is 6.40. The molecule has 0 aromatic carbocycles. The molecule has 0 spiro atoms. The second-order valence-corrected chi connectivity index (χ2v) is 2.64. The van der Waals surface area contributed by atoms with Crippen LogP contribution < -0.4 is 0 Å². The summed E-state index contributed by atoms with van der Waals surface area (Å²) in [5.74, 6) is 0.379. The molecule has 1 unspecified atom stereocenters. The van der Waals surface area contributed by atoms with Crippen molar-refractivity contribution < 1.29 is 4.39 Å². The lowest BCUT2D eigenvalue weighted by atomic mass is 10.1. The molecule has 0 aliphatic rings. The van der Waals surface area contributed by atoms with Gasteiger partial charge in [0, 0.05) is 5.75 Å². The summed E-state index contributed by atoms with van der Waals surface area (Å²) >= 11 is 3.84. The summed E-state index contributed by atoms with van der Waals surface area (Å²) in [5, 5.41) is 0. The van der Waals surface area contributed by atoms with Gasteiger partial charge < -0.3 is 0 Å². The van der Waals surface area contributed by atoms with Crippen molar-refractivity contribution in [1.82, 2.24) is 0 Å². The van der Waals surface area contributed by atoms with Gasteiger partial charge in [-0.1, -0.05) is 26.2 Å². The predicted molar refractivity (Wildman–Crippen MR) is 42.9 cm³/mol. The van der Waals surface area contributed by atoms with Crippen molar-refractivity contribution in [2.24, 2.45) is 0 Å². The van der Waals surface area contributed by atoms with E-state index in [9.17, 15) is 4.39 Å². The molecule has 56 valence electrons. The fraction of sp³-hybridized carbons (Fsp3) is 1.00. The first-order valence-corrected chi connectivity index (χ1v) is 4.19. The van der Waals surface area contributed by atoms with E-state index in [2.05, 4.69) is 19.6 Å². The van der Waals surface area contributed by atoms with Crippen LogP contribution in [0.2, 0.25) is 0 Å². The molecule has 0 rings (SSSR count). The van der Waals surface area contributed by atoms with E-state index >= 15 is 0 Å². The highest BCUT2D eigenvalue weighted by atomic mass is 32.1. The molecule has 0 aliphatic carbocycles. The lowest BCUT2D eigenvalue weighted by Crippen LogP contribution is -2.00. The van der Waals surface area contributed by atoms with Gasteiger partial charge in [0.2, 0.25) is 0 Å². The van der Waals surface area contributed by atoms with Gasteiger partial charge in [-0.3, -0.25) is 0 Å². The number of rotatable bonds is 5. The maximum Gasteiger partial charge on any atom is 0.109 e. The van der Waals surface area contributed by atoms with Crippen molar-refractivity contribution in [3.63, 3.8) is 0 Å². The third-order valence-corrected chi connectivity index (χ3v) is 1.72. The Bertz CT molecular complexity index is 56.9. The zero-order valence-corrected chi connectivity index (χ0v) is 6.83. The van der Waals surface area contributed by atoms with Crippen LogP contribution in [0.1, 0.15) is 32.6 Å². The summed E-state index contributed by atoms with van der Waals surface area (Å²) in [6.45, 7) is 2.12. The molecule has 0 bridgehead atoms. The molecule has 0 aromatic rings. The summed E-state index contributed by atoms with van der Waals surface area (Å²) in [4.78, 5) is 0. The smallest absolute Gasteiger partial charge is 0.109 e. The van der Waals surface area contributed by atoms with Gasteiger partial charge in [0.15, 0.2) is 0 Å². The highest BCUT2D eigenvalue weighted by Crippen LogP contribution is 2.06. The van der Waals surface area contributed by atoms with E-state index in [1.165, 1.54) is 6.42 Å². The Morgan fingerprint density at radius 2 is 2.11 bits per heavy atom. The van der Waals surface area contributed by atoms with Crippen molar-refractivity contribution in [2.75, 3.05) is 5.75 Å². The molecule has 0 aliphatic heterocycles. The van der Waals surface area contributed by atoms with Gasteiger partial charge in [0.25, 0.3) is 0 Å². The number of halogens is 1. The molecule has 0 aromatic heterocycles.